The van der Waals surface area contributed by atoms with Crippen LogP contribution in [-0.2, 0) is 0 Å². The number of rotatable bonds is 6. The molecule has 0 amide bonds. The van der Waals surface area contributed by atoms with E-state index in [-0.39, 0.29) is 9.52 Å². The number of benzene rings is 1. The van der Waals surface area contributed by atoms with E-state index in [1.807, 2.05) is 0 Å². The molecule has 0 aliphatic rings. The predicted octanol–water partition coefficient (Wildman–Crippen LogP) is 2.73. The summed E-state index contributed by atoms with van der Waals surface area (Å²) in [6, 6.07) is 12.5. The Morgan fingerprint density at radius 1 is 0.938 bits per heavy atom. The smallest absolute Gasteiger partial charge is 0.0547 e. The maximum absolute atomic E-state index is 2.28. The normalized spacial score (nSPS) is 10.2. The average Bonchev–Trinajstić information content (AvgIpc) is 2.31. The van der Waals surface area contributed by atoms with Crippen molar-refractivity contribution in [2.75, 3.05) is 0 Å². The zero-order valence-electron chi connectivity index (χ0n) is 11.3. The van der Waals surface area contributed by atoms with Crippen molar-refractivity contribution in [3.8, 4) is 0 Å². The maximum atomic E-state index is 2.28. The molecule has 2 heteroatoms. The van der Waals surface area contributed by atoms with Crippen LogP contribution in [0, 0.1) is 0 Å². The monoisotopic (exact) mass is 252 g/mol. The van der Waals surface area contributed by atoms with Crippen molar-refractivity contribution in [1.29, 1.82) is 0 Å². The van der Waals surface area contributed by atoms with Gasteiger partial charge in [-0.05, 0) is 0 Å². The summed E-state index contributed by atoms with van der Waals surface area (Å²) in [5.74, 6) is 0. The summed E-state index contributed by atoms with van der Waals surface area (Å²) in [7, 11) is 0.477. The summed E-state index contributed by atoms with van der Waals surface area (Å²) >= 11 is 0. The van der Waals surface area contributed by atoms with Crippen LogP contribution >= 0.6 is 0 Å². The van der Waals surface area contributed by atoms with Crippen molar-refractivity contribution in [2.45, 2.75) is 51.7 Å². The Balaban J connectivity index is 0.000000673. The van der Waals surface area contributed by atoms with Gasteiger partial charge in [0.05, 0.1) is 9.52 Å². The van der Waals surface area contributed by atoms with Crippen LogP contribution in [-0.4, -0.2) is 19.0 Å². The summed E-state index contributed by atoms with van der Waals surface area (Å²) in [6.07, 6.45) is 5.67. The summed E-state index contributed by atoms with van der Waals surface area (Å²) in [5, 5.41) is 1.62. The van der Waals surface area contributed by atoms with E-state index < -0.39 is 0 Å². The molecule has 16 heavy (non-hydrogen) atoms. The molecule has 0 bridgehead atoms. The van der Waals surface area contributed by atoms with E-state index in [0.29, 0.717) is 9.52 Å². The SMILES string of the molecule is CCCCCC[SiH2]c1ccccc1.C[SiH2]C. The summed E-state index contributed by atoms with van der Waals surface area (Å²) in [6.45, 7) is 6.80. The first-order valence-electron chi connectivity index (χ1n) is 6.89. The zero-order valence-corrected chi connectivity index (χ0v) is 14.2. The molecule has 1 aromatic carbocycles. The molecule has 0 saturated heterocycles. The van der Waals surface area contributed by atoms with Gasteiger partial charge in [-0.1, -0.05) is 87.3 Å². The van der Waals surface area contributed by atoms with Crippen molar-refractivity contribution in [3.05, 3.63) is 30.3 Å². The highest BCUT2D eigenvalue weighted by Gasteiger charge is 1.92. The first-order valence-corrected chi connectivity index (χ1v) is 11.4. The van der Waals surface area contributed by atoms with Gasteiger partial charge in [0.15, 0.2) is 0 Å². The minimum Gasteiger partial charge on any atom is -0.0750 e. The van der Waals surface area contributed by atoms with Crippen LogP contribution in [0.25, 0.3) is 0 Å². The van der Waals surface area contributed by atoms with E-state index in [0.717, 1.165) is 0 Å². The zero-order chi connectivity index (χ0) is 12.1. The molecule has 92 valence electrons. The van der Waals surface area contributed by atoms with Crippen LogP contribution in [0.5, 0.6) is 0 Å². The lowest BCUT2D eigenvalue weighted by molar-refractivity contribution is 0.701. The highest BCUT2D eigenvalue weighted by molar-refractivity contribution is 6.53. The molecule has 0 aromatic heterocycles. The fourth-order valence-electron chi connectivity index (χ4n) is 1.58. The minimum atomic E-state index is 0.0606. The van der Waals surface area contributed by atoms with Gasteiger partial charge in [0.25, 0.3) is 0 Å². The molecule has 1 aromatic rings. The van der Waals surface area contributed by atoms with Gasteiger partial charge in [-0.2, -0.15) is 0 Å². The second-order valence-electron chi connectivity index (χ2n) is 4.36. The van der Waals surface area contributed by atoms with E-state index in [9.17, 15) is 0 Å². The standard InChI is InChI=1S/C12H20Si.C2H8Si/c1-2-3-4-8-11-13-12-9-6-5-7-10-12;1-3-2/h5-7,9-10H,2-4,8,11,13H2,1H3;3H2,1-2H3. The van der Waals surface area contributed by atoms with Gasteiger partial charge < -0.3 is 0 Å². The van der Waals surface area contributed by atoms with Crippen molar-refractivity contribution >= 4 is 24.2 Å². The Morgan fingerprint density at radius 2 is 1.56 bits per heavy atom. The lowest BCUT2D eigenvalue weighted by atomic mass is 10.2. The van der Waals surface area contributed by atoms with Crippen LogP contribution in [0.3, 0.4) is 0 Å². The third kappa shape index (κ3) is 10.2. The Hall–Kier alpha value is -0.346. The van der Waals surface area contributed by atoms with Crippen molar-refractivity contribution in [1.82, 2.24) is 0 Å². The van der Waals surface area contributed by atoms with Crippen LogP contribution in [0.15, 0.2) is 30.3 Å². The number of hydrogen-bond acceptors (Lipinski definition) is 0. The van der Waals surface area contributed by atoms with Gasteiger partial charge in [-0.25, -0.2) is 0 Å². The van der Waals surface area contributed by atoms with Gasteiger partial charge in [-0.3, -0.25) is 0 Å². The molecule has 0 saturated carbocycles. The van der Waals surface area contributed by atoms with Crippen LogP contribution in [0.4, 0.5) is 0 Å². The molecular weight excluding hydrogens is 224 g/mol. The van der Waals surface area contributed by atoms with Crippen molar-refractivity contribution in [2.24, 2.45) is 0 Å². The maximum Gasteiger partial charge on any atom is 0.0547 e. The first kappa shape index (κ1) is 15.7. The van der Waals surface area contributed by atoms with E-state index in [2.05, 4.69) is 50.3 Å². The fourth-order valence-corrected chi connectivity index (χ4v) is 3.19. The third-order valence-electron chi connectivity index (χ3n) is 2.41. The molecule has 0 N–H and O–H groups in total. The number of hydrogen-bond donors (Lipinski definition) is 0. The van der Waals surface area contributed by atoms with Crippen LogP contribution in [0.2, 0.25) is 19.1 Å². The summed E-state index contributed by atoms with van der Waals surface area (Å²) in [5.41, 5.74) is 0. The second kappa shape index (κ2) is 12.7. The molecule has 0 nitrogen and oxygen atoms in total. The van der Waals surface area contributed by atoms with Gasteiger partial charge in [0, 0.05) is 9.52 Å². The highest BCUT2D eigenvalue weighted by Crippen LogP contribution is 2.01. The molecule has 0 fully saturated rings. The Kier molecular flexibility index (Phi) is 12.4. The van der Waals surface area contributed by atoms with Gasteiger partial charge in [0.2, 0.25) is 0 Å². The molecule has 0 aliphatic heterocycles. The number of unbranched alkanes of at least 4 members (excludes halogenated alkanes) is 3. The molecule has 0 aliphatic carbocycles. The lowest BCUT2D eigenvalue weighted by Crippen LogP contribution is -2.12. The molecule has 0 heterocycles. The van der Waals surface area contributed by atoms with Gasteiger partial charge in [0.1, 0.15) is 0 Å². The average molecular weight is 253 g/mol. The van der Waals surface area contributed by atoms with Crippen molar-refractivity contribution in [3.63, 3.8) is 0 Å². The molecule has 1 rings (SSSR count). The largest absolute Gasteiger partial charge is 0.0750 e. The Morgan fingerprint density at radius 3 is 2.12 bits per heavy atom. The highest BCUT2D eigenvalue weighted by atomic mass is 28.2. The Bertz CT molecular complexity index is 221. The van der Waals surface area contributed by atoms with E-state index in [4.69, 9.17) is 0 Å². The first-order chi connectivity index (χ1) is 7.85. The van der Waals surface area contributed by atoms with Crippen LogP contribution < -0.4 is 5.19 Å². The summed E-state index contributed by atoms with van der Waals surface area (Å²) in [4.78, 5) is 0. The van der Waals surface area contributed by atoms with Gasteiger partial charge >= 0.3 is 0 Å². The Labute approximate surface area is 107 Å². The fraction of sp³-hybridized carbons (Fsp3) is 0.571. The second-order valence-corrected chi connectivity index (χ2v) is 7.79. The lowest BCUT2D eigenvalue weighted by Gasteiger charge is -1.99. The quantitative estimate of drug-likeness (QED) is 0.539. The molecule has 0 radical (unpaired) electrons. The van der Waals surface area contributed by atoms with E-state index in [1.54, 1.807) is 5.19 Å². The topological polar surface area (TPSA) is 0 Å². The van der Waals surface area contributed by atoms with Gasteiger partial charge in [-0.15, -0.1) is 0 Å². The molecule has 0 atom stereocenters. The molecule has 0 spiro atoms. The van der Waals surface area contributed by atoms with Crippen LogP contribution in [0.1, 0.15) is 32.6 Å². The predicted molar refractivity (Wildman–Crippen MR) is 83.8 cm³/mol. The summed E-state index contributed by atoms with van der Waals surface area (Å²) < 4.78 is 0. The van der Waals surface area contributed by atoms with Crippen molar-refractivity contribution < 1.29 is 0 Å². The molecular formula is C14H28Si2. The van der Waals surface area contributed by atoms with E-state index >= 15 is 0 Å². The minimum absolute atomic E-state index is 0.0606. The van der Waals surface area contributed by atoms with E-state index in [1.165, 1.54) is 31.7 Å². The molecule has 0 unspecified atom stereocenters. The third-order valence-corrected chi connectivity index (χ3v) is 4.31.